The van der Waals surface area contributed by atoms with Crippen LogP contribution < -0.4 is 5.32 Å². The molecule has 0 aromatic heterocycles. The summed E-state index contributed by atoms with van der Waals surface area (Å²) in [5.74, 6) is -0.156. The molecule has 1 aliphatic rings. The molecule has 4 nitrogen and oxygen atoms in total. The zero-order chi connectivity index (χ0) is 11.5. The van der Waals surface area contributed by atoms with Crippen LogP contribution >= 0.6 is 0 Å². The summed E-state index contributed by atoms with van der Waals surface area (Å²) in [4.78, 5) is 25.0. The molecule has 1 saturated heterocycles. The van der Waals surface area contributed by atoms with E-state index in [1.165, 1.54) is 0 Å². The van der Waals surface area contributed by atoms with E-state index in [0.717, 1.165) is 6.42 Å². The normalized spacial score (nSPS) is 18.8. The summed E-state index contributed by atoms with van der Waals surface area (Å²) in [7, 11) is 1.59. The lowest BCUT2D eigenvalue weighted by Gasteiger charge is -2.39. The Balaban J connectivity index is 2.09. The Bertz CT molecular complexity index is 403. The second-order valence-corrected chi connectivity index (χ2v) is 3.78. The first-order chi connectivity index (χ1) is 7.74. The fourth-order valence-corrected chi connectivity index (χ4v) is 1.82. The van der Waals surface area contributed by atoms with Crippen LogP contribution in [0.5, 0.6) is 0 Å². The largest absolute Gasteiger partial charge is 0.357 e. The van der Waals surface area contributed by atoms with Gasteiger partial charge in [0, 0.05) is 19.2 Å². The van der Waals surface area contributed by atoms with Gasteiger partial charge in [-0.05, 0) is 18.6 Å². The van der Waals surface area contributed by atoms with Crippen molar-refractivity contribution in [1.29, 1.82) is 0 Å². The van der Waals surface area contributed by atoms with Gasteiger partial charge in [-0.15, -0.1) is 0 Å². The second kappa shape index (κ2) is 4.35. The average Bonchev–Trinajstić information content (AvgIpc) is 2.28. The number of amides is 2. The molecule has 0 bridgehead atoms. The van der Waals surface area contributed by atoms with Crippen molar-refractivity contribution in [3.8, 4) is 0 Å². The summed E-state index contributed by atoms with van der Waals surface area (Å²) in [6, 6.07) is 8.74. The van der Waals surface area contributed by atoms with E-state index >= 15 is 0 Å². The first-order valence-corrected chi connectivity index (χ1v) is 5.31. The fraction of sp³-hybridized carbons (Fsp3) is 0.333. The van der Waals surface area contributed by atoms with Crippen LogP contribution in [0.25, 0.3) is 0 Å². The lowest BCUT2D eigenvalue weighted by atomic mass is 10.0. The third-order valence-corrected chi connectivity index (χ3v) is 2.85. The standard InChI is InChI=1S/C12H14N2O2/c1-13-11(15)10-7-8-14(10)12(16)9-5-3-2-4-6-9/h2-6,10H,7-8H2,1H3,(H,13,15)/t10-/m1/s1. The van der Waals surface area contributed by atoms with Crippen LogP contribution in [0.2, 0.25) is 0 Å². The van der Waals surface area contributed by atoms with E-state index in [1.54, 1.807) is 24.1 Å². The van der Waals surface area contributed by atoms with Crippen LogP contribution in [-0.4, -0.2) is 36.3 Å². The number of carbonyl (C=O) groups is 2. The molecule has 1 aromatic carbocycles. The van der Waals surface area contributed by atoms with Crippen molar-refractivity contribution in [2.24, 2.45) is 0 Å². The van der Waals surface area contributed by atoms with Crippen LogP contribution in [0.1, 0.15) is 16.8 Å². The van der Waals surface area contributed by atoms with E-state index in [-0.39, 0.29) is 17.9 Å². The molecule has 1 heterocycles. The number of rotatable bonds is 2. The van der Waals surface area contributed by atoms with Crippen LogP contribution in [0, 0.1) is 0 Å². The van der Waals surface area contributed by atoms with Gasteiger partial charge in [-0.2, -0.15) is 0 Å². The molecular weight excluding hydrogens is 204 g/mol. The number of nitrogens with one attached hydrogen (secondary N) is 1. The first-order valence-electron chi connectivity index (χ1n) is 5.31. The Morgan fingerprint density at radius 3 is 2.50 bits per heavy atom. The van der Waals surface area contributed by atoms with E-state index in [0.29, 0.717) is 12.1 Å². The van der Waals surface area contributed by atoms with Gasteiger partial charge in [-0.1, -0.05) is 18.2 Å². The Hall–Kier alpha value is -1.84. The summed E-state index contributed by atoms with van der Waals surface area (Å²) in [6.07, 6.45) is 0.748. The van der Waals surface area contributed by atoms with Gasteiger partial charge in [-0.3, -0.25) is 9.59 Å². The summed E-state index contributed by atoms with van der Waals surface area (Å²) in [5, 5.41) is 2.57. The quantitative estimate of drug-likeness (QED) is 0.792. The van der Waals surface area contributed by atoms with Crippen molar-refractivity contribution in [2.75, 3.05) is 13.6 Å². The van der Waals surface area contributed by atoms with Gasteiger partial charge in [0.25, 0.3) is 5.91 Å². The molecule has 0 radical (unpaired) electrons. The Morgan fingerprint density at radius 2 is 2.00 bits per heavy atom. The summed E-state index contributed by atoms with van der Waals surface area (Å²) >= 11 is 0. The van der Waals surface area contributed by atoms with E-state index in [2.05, 4.69) is 5.32 Å². The van der Waals surface area contributed by atoms with Crippen molar-refractivity contribution in [2.45, 2.75) is 12.5 Å². The molecule has 1 fully saturated rings. The van der Waals surface area contributed by atoms with Crippen molar-refractivity contribution < 1.29 is 9.59 Å². The number of likely N-dealkylation sites (N-methyl/N-ethyl adjacent to an activating group) is 1. The molecule has 0 spiro atoms. The molecule has 84 valence electrons. The van der Waals surface area contributed by atoms with Gasteiger partial charge in [0.15, 0.2) is 0 Å². The number of likely N-dealkylation sites (tertiary alicyclic amines) is 1. The molecule has 16 heavy (non-hydrogen) atoms. The number of hydrogen-bond donors (Lipinski definition) is 1. The summed E-state index contributed by atoms with van der Waals surface area (Å²) in [6.45, 7) is 0.659. The van der Waals surface area contributed by atoms with Crippen LogP contribution in [0.4, 0.5) is 0 Å². The van der Waals surface area contributed by atoms with Gasteiger partial charge < -0.3 is 10.2 Å². The summed E-state index contributed by atoms with van der Waals surface area (Å²) < 4.78 is 0. The van der Waals surface area contributed by atoms with E-state index in [1.807, 2.05) is 18.2 Å². The molecule has 1 aromatic rings. The number of nitrogens with zero attached hydrogens (tertiary/aromatic N) is 1. The molecule has 1 atom stereocenters. The lowest BCUT2D eigenvalue weighted by molar-refractivity contribution is -0.128. The number of carbonyl (C=O) groups excluding carboxylic acids is 2. The van der Waals surface area contributed by atoms with Crippen LogP contribution in [0.3, 0.4) is 0 Å². The highest BCUT2D eigenvalue weighted by Gasteiger charge is 2.37. The van der Waals surface area contributed by atoms with Crippen molar-refractivity contribution >= 4 is 11.8 Å². The third kappa shape index (κ3) is 1.78. The van der Waals surface area contributed by atoms with Gasteiger partial charge in [0.1, 0.15) is 6.04 Å². The maximum atomic E-state index is 12.0. The van der Waals surface area contributed by atoms with E-state index in [9.17, 15) is 9.59 Å². The monoisotopic (exact) mass is 218 g/mol. The molecule has 4 heteroatoms. The van der Waals surface area contributed by atoms with Crippen LogP contribution in [0.15, 0.2) is 30.3 Å². The molecule has 0 aliphatic carbocycles. The molecular formula is C12H14N2O2. The third-order valence-electron chi connectivity index (χ3n) is 2.85. The minimum absolute atomic E-state index is 0.0690. The first kappa shape index (κ1) is 10.7. The predicted octanol–water partition coefficient (Wildman–Crippen LogP) is 0.647. The molecule has 2 amide bonds. The molecule has 0 unspecified atom stereocenters. The van der Waals surface area contributed by atoms with Crippen molar-refractivity contribution in [3.05, 3.63) is 35.9 Å². The van der Waals surface area contributed by atoms with E-state index < -0.39 is 0 Å². The molecule has 1 N–H and O–H groups in total. The lowest BCUT2D eigenvalue weighted by Crippen LogP contribution is -2.57. The summed E-state index contributed by atoms with van der Waals surface area (Å²) in [5.41, 5.74) is 0.635. The number of benzene rings is 1. The smallest absolute Gasteiger partial charge is 0.254 e. The topological polar surface area (TPSA) is 49.4 Å². The zero-order valence-electron chi connectivity index (χ0n) is 9.14. The average molecular weight is 218 g/mol. The highest BCUT2D eigenvalue weighted by Crippen LogP contribution is 2.20. The second-order valence-electron chi connectivity index (χ2n) is 3.78. The highest BCUT2D eigenvalue weighted by molar-refractivity contribution is 5.98. The predicted molar refractivity (Wildman–Crippen MR) is 60.0 cm³/mol. The number of hydrogen-bond acceptors (Lipinski definition) is 2. The van der Waals surface area contributed by atoms with Gasteiger partial charge >= 0.3 is 0 Å². The minimum Gasteiger partial charge on any atom is -0.357 e. The molecule has 0 saturated carbocycles. The Labute approximate surface area is 94.2 Å². The minimum atomic E-state index is -0.294. The maximum absolute atomic E-state index is 12.0. The highest BCUT2D eigenvalue weighted by atomic mass is 16.2. The maximum Gasteiger partial charge on any atom is 0.254 e. The van der Waals surface area contributed by atoms with Crippen molar-refractivity contribution in [3.63, 3.8) is 0 Å². The molecule has 1 aliphatic heterocycles. The van der Waals surface area contributed by atoms with Gasteiger partial charge in [-0.25, -0.2) is 0 Å². The van der Waals surface area contributed by atoms with Gasteiger partial charge in [0.2, 0.25) is 5.91 Å². The fourth-order valence-electron chi connectivity index (χ4n) is 1.82. The Morgan fingerprint density at radius 1 is 1.31 bits per heavy atom. The zero-order valence-corrected chi connectivity index (χ0v) is 9.14. The van der Waals surface area contributed by atoms with E-state index in [4.69, 9.17) is 0 Å². The van der Waals surface area contributed by atoms with Crippen LogP contribution in [-0.2, 0) is 4.79 Å². The SMILES string of the molecule is CNC(=O)[C@H]1CCN1C(=O)c1ccccc1. The molecule has 2 rings (SSSR count). The van der Waals surface area contributed by atoms with Crippen molar-refractivity contribution in [1.82, 2.24) is 10.2 Å². The Kier molecular flexibility index (Phi) is 2.90. The van der Waals surface area contributed by atoms with Gasteiger partial charge in [0.05, 0.1) is 0 Å².